The van der Waals surface area contributed by atoms with Crippen molar-refractivity contribution in [2.75, 3.05) is 10.6 Å². The number of alkyl halides is 3. The minimum absolute atomic E-state index is 0.0447. The molecule has 33 heavy (non-hydrogen) atoms. The van der Waals surface area contributed by atoms with Gasteiger partial charge < -0.3 is 5.32 Å². The second-order valence-electron chi connectivity index (χ2n) is 6.87. The molecule has 0 saturated heterocycles. The lowest BCUT2D eigenvalue weighted by molar-refractivity contribution is -0.137. The molecule has 4 rings (SSSR count). The summed E-state index contributed by atoms with van der Waals surface area (Å²) in [6, 6.07) is 10.4. The van der Waals surface area contributed by atoms with Crippen molar-refractivity contribution in [1.82, 2.24) is 15.0 Å². The topological polar surface area (TPSA) is 79.8 Å². The Labute approximate surface area is 189 Å². The Balaban J connectivity index is 1.51. The molecule has 4 aromatic rings. The average molecular weight is 473 g/mol. The molecule has 0 unspecified atom stereocenters. The monoisotopic (exact) mass is 473 g/mol. The molecule has 168 valence electrons. The second-order valence-corrected chi connectivity index (χ2v) is 8.07. The number of rotatable bonds is 5. The molecule has 0 radical (unpaired) electrons. The summed E-state index contributed by atoms with van der Waals surface area (Å²) in [5.74, 6) is -0.704. The maximum atomic E-state index is 14.3. The highest BCUT2D eigenvalue weighted by atomic mass is 32.1. The number of nitrogens with zero attached hydrogens (tertiary/aromatic N) is 3. The summed E-state index contributed by atoms with van der Waals surface area (Å²) < 4.78 is 53.3. The number of halogens is 4. The smallest absolute Gasteiger partial charge is 0.340 e. The van der Waals surface area contributed by atoms with Crippen LogP contribution in [0.1, 0.15) is 20.8 Å². The van der Waals surface area contributed by atoms with Gasteiger partial charge in [0.05, 0.1) is 11.3 Å². The Hall–Kier alpha value is -3.86. The van der Waals surface area contributed by atoms with Crippen LogP contribution in [0.5, 0.6) is 0 Å². The van der Waals surface area contributed by atoms with Gasteiger partial charge in [-0.15, -0.1) is 11.3 Å². The zero-order valence-electron chi connectivity index (χ0n) is 16.9. The Bertz CT molecular complexity index is 1290. The van der Waals surface area contributed by atoms with Crippen LogP contribution in [-0.2, 0) is 6.18 Å². The van der Waals surface area contributed by atoms with Crippen molar-refractivity contribution < 1.29 is 22.4 Å². The average Bonchev–Trinajstić information content (AvgIpc) is 3.14. The van der Waals surface area contributed by atoms with Crippen LogP contribution >= 0.6 is 11.3 Å². The summed E-state index contributed by atoms with van der Waals surface area (Å²) in [6.45, 7) is 1.59. The summed E-state index contributed by atoms with van der Waals surface area (Å²) >= 11 is 1.04. The maximum Gasteiger partial charge on any atom is 0.416 e. The van der Waals surface area contributed by atoms with Crippen LogP contribution in [0.3, 0.4) is 0 Å². The summed E-state index contributed by atoms with van der Waals surface area (Å²) in [5.41, 5.74) is -0.171. The van der Waals surface area contributed by atoms with Gasteiger partial charge in [-0.1, -0.05) is 0 Å². The molecule has 0 fully saturated rings. The van der Waals surface area contributed by atoms with Gasteiger partial charge in [-0.3, -0.25) is 10.1 Å². The lowest BCUT2D eigenvalue weighted by atomic mass is 10.1. The van der Waals surface area contributed by atoms with E-state index in [0.717, 1.165) is 17.4 Å². The fraction of sp³-hybridized carbons (Fsp3) is 0.0909. The predicted octanol–water partition coefficient (Wildman–Crippen LogP) is 6.06. The Kier molecular flexibility index (Phi) is 6.05. The van der Waals surface area contributed by atoms with Gasteiger partial charge in [0.25, 0.3) is 5.91 Å². The van der Waals surface area contributed by atoms with Gasteiger partial charge in [0.2, 0.25) is 0 Å². The standard InChI is InChI=1S/C22H15F4N5OS/c1-12-19(16-10-14(22(24,25)26)4-7-17(16)23)30-21(33-12)31-20(32)13-2-5-15(6-3-13)29-18-8-9-27-11-28-18/h2-11H,1H3,(H,27,28,29)(H,30,31,32). The number of hydrogen-bond donors (Lipinski definition) is 2. The number of aromatic nitrogens is 3. The van der Waals surface area contributed by atoms with Crippen molar-refractivity contribution in [1.29, 1.82) is 0 Å². The molecule has 0 aliphatic rings. The molecule has 0 bridgehead atoms. The van der Waals surface area contributed by atoms with Crippen LogP contribution in [0.2, 0.25) is 0 Å². The number of amides is 1. The summed E-state index contributed by atoms with van der Waals surface area (Å²) in [6.07, 6.45) is -1.62. The van der Waals surface area contributed by atoms with Crippen LogP contribution in [0, 0.1) is 12.7 Å². The molecule has 0 spiro atoms. The van der Waals surface area contributed by atoms with Gasteiger partial charge in [-0.05, 0) is 55.5 Å². The number of benzene rings is 2. The van der Waals surface area contributed by atoms with Gasteiger partial charge in [0.1, 0.15) is 18.0 Å². The van der Waals surface area contributed by atoms with Crippen molar-refractivity contribution in [3.05, 3.63) is 82.9 Å². The summed E-state index contributed by atoms with van der Waals surface area (Å²) in [4.78, 5) is 25.1. The normalized spacial score (nSPS) is 11.3. The third-order valence-electron chi connectivity index (χ3n) is 4.57. The van der Waals surface area contributed by atoms with E-state index in [1.54, 1.807) is 43.5 Å². The van der Waals surface area contributed by atoms with E-state index in [1.165, 1.54) is 6.33 Å². The highest BCUT2D eigenvalue weighted by molar-refractivity contribution is 7.16. The van der Waals surface area contributed by atoms with Gasteiger partial charge >= 0.3 is 6.18 Å². The minimum Gasteiger partial charge on any atom is -0.340 e. The number of aryl methyl sites for hydroxylation is 1. The zero-order valence-corrected chi connectivity index (χ0v) is 17.8. The van der Waals surface area contributed by atoms with Crippen LogP contribution in [0.15, 0.2) is 61.1 Å². The number of carbonyl (C=O) groups excluding carboxylic acids is 1. The molecule has 0 aliphatic carbocycles. The van der Waals surface area contributed by atoms with Gasteiger partial charge in [0, 0.05) is 27.9 Å². The molecule has 2 N–H and O–H groups in total. The molecule has 6 nitrogen and oxygen atoms in total. The molecule has 1 amide bonds. The maximum absolute atomic E-state index is 14.3. The molecule has 0 saturated carbocycles. The molecule has 11 heteroatoms. The van der Waals surface area contributed by atoms with Crippen molar-refractivity contribution in [2.45, 2.75) is 13.1 Å². The lowest BCUT2D eigenvalue weighted by Gasteiger charge is -2.09. The largest absolute Gasteiger partial charge is 0.416 e. The Morgan fingerprint density at radius 1 is 1.06 bits per heavy atom. The first kappa shape index (κ1) is 22.3. The fourth-order valence-corrected chi connectivity index (χ4v) is 3.79. The summed E-state index contributed by atoms with van der Waals surface area (Å²) in [7, 11) is 0. The molecule has 0 atom stereocenters. The number of anilines is 3. The van der Waals surface area contributed by atoms with Gasteiger partial charge in [0.15, 0.2) is 5.13 Å². The van der Waals surface area contributed by atoms with E-state index in [4.69, 9.17) is 0 Å². The third-order valence-corrected chi connectivity index (χ3v) is 5.45. The first-order chi connectivity index (χ1) is 15.7. The van der Waals surface area contributed by atoms with Crippen LogP contribution in [-0.4, -0.2) is 20.9 Å². The minimum atomic E-state index is -4.61. The van der Waals surface area contributed by atoms with E-state index >= 15 is 0 Å². The highest BCUT2D eigenvalue weighted by Crippen LogP contribution is 2.36. The van der Waals surface area contributed by atoms with Crippen molar-refractivity contribution in [3.63, 3.8) is 0 Å². The zero-order chi connectivity index (χ0) is 23.6. The number of nitrogens with one attached hydrogen (secondary N) is 2. The molecule has 2 aromatic heterocycles. The van der Waals surface area contributed by atoms with Crippen molar-refractivity contribution in [3.8, 4) is 11.3 Å². The highest BCUT2D eigenvalue weighted by Gasteiger charge is 2.31. The van der Waals surface area contributed by atoms with Gasteiger partial charge in [-0.25, -0.2) is 19.3 Å². The number of thiazole rings is 1. The molecule has 0 aliphatic heterocycles. The Morgan fingerprint density at radius 2 is 1.82 bits per heavy atom. The summed E-state index contributed by atoms with van der Waals surface area (Å²) in [5, 5.41) is 5.81. The SMILES string of the molecule is Cc1sc(NC(=O)c2ccc(Nc3ccncn3)cc2)nc1-c1cc(C(F)(F)F)ccc1F. The van der Waals surface area contributed by atoms with E-state index in [2.05, 4.69) is 25.6 Å². The third kappa shape index (κ3) is 5.14. The second kappa shape index (κ2) is 8.94. The van der Waals surface area contributed by atoms with Crippen LogP contribution in [0.4, 0.5) is 34.2 Å². The lowest BCUT2D eigenvalue weighted by Crippen LogP contribution is -2.11. The van der Waals surface area contributed by atoms with Crippen molar-refractivity contribution in [2.24, 2.45) is 0 Å². The van der Waals surface area contributed by atoms with Gasteiger partial charge in [-0.2, -0.15) is 13.2 Å². The quantitative estimate of drug-likeness (QED) is 0.344. The van der Waals surface area contributed by atoms with E-state index in [-0.39, 0.29) is 16.4 Å². The molecular formula is C22H15F4N5OS. The van der Waals surface area contributed by atoms with Crippen LogP contribution in [0.25, 0.3) is 11.3 Å². The van der Waals surface area contributed by atoms with E-state index < -0.39 is 23.5 Å². The first-order valence-electron chi connectivity index (χ1n) is 9.50. The number of hydrogen-bond acceptors (Lipinski definition) is 6. The molecule has 2 heterocycles. The Morgan fingerprint density at radius 3 is 2.48 bits per heavy atom. The first-order valence-corrected chi connectivity index (χ1v) is 10.3. The van der Waals surface area contributed by atoms with E-state index in [0.29, 0.717) is 34.1 Å². The number of carbonyl (C=O) groups is 1. The van der Waals surface area contributed by atoms with E-state index in [9.17, 15) is 22.4 Å². The van der Waals surface area contributed by atoms with Crippen LogP contribution < -0.4 is 10.6 Å². The molecule has 2 aromatic carbocycles. The molecular weight excluding hydrogens is 458 g/mol. The van der Waals surface area contributed by atoms with E-state index in [1.807, 2.05) is 0 Å². The van der Waals surface area contributed by atoms with Crippen molar-refractivity contribution >= 4 is 33.9 Å². The predicted molar refractivity (Wildman–Crippen MR) is 117 cm³/mol. The fourth-order valence-electron chi connectivity index (χ4n) is 2.97.